The van der Waals surface area contributed by atoms with Gasteiger partial charge in [0.1, 0.15) is 12.0 Å². The highest BCUT2D eigenvalue weighted by Gasteiger charge is 2.77. The van der Waals surface area contributed by atoms with E-state index < -0.39 is 5.72 Å². The summed E-state index contributed by atoms with van der Waals surface area (Å²) in [5, 5.41) is 14.5. The number of benzene rings is 1. The second-order valence-electron chi connectivity index (χ2n) is 7.08. The maximum absolute atomic E-state index is 11.1. The SMILES string of the molecule is CCNC[C@H]1[C@H]2C=C[C@@H]3N([C@H]2[C@H](C)c2ccc(C=O)cc2)[C@@]31O. The van der Waals surface area contributed by atoms with Gasteiger partial charge in [-0.3, -0.25) is 9.69 Å². The second kappa shape index (κ2) is 5.26. The molecule has 4 nitrogen and oxygen atoms in total. The highest BCUT2D eigenvalue weighted by molar-refractivity contribution is 5.74. The summed E-state index contributed by atoms with van der Waals surface area (Å²) < 4.78 is 0. The van der Waals surface area contributed by atoms with Gasteiger partial charge in [-0.25, -0.2) is 0 Å². The van der Waals surface area contributed by atoms with Gasteiger partial charge in [-0.05, 0) is 18.0 Å². The lowest BCUT2D eigenvalue weighted by Gasteiger charge is -2.34. The van der Waals surface area contributed by atoms with Crippen LogP contribution in [0.15, 0.2) is 36.4 Å². The number of piperidine rings is 1. The summed E-state index contributed by atoms with van der Waals surface area (Å²) in [5.41, 5.74) is 1.29. The maximum Gasteiger partial charge on any atom is 0.150 e. The zero-order chi connectivity index (χ0) is 16.2. The number of aldehydes is 1. The molecule has 1 aromatic rings. The van der Waals surface area contributed by atoms with Gasteiger partial charge in [-0.1, -0.05) is 50.3 Å². The number of rotatable bonds is 6. The summed E-state index contributed by atoms with van der Waals surface area (Å²) in [5.74, 6) is 0.970. The maximum atomic E-state index is 11.1. The van der Waals surface area contributed by atoms with E-state index in [1.54, 1.807) is 0 Å². The van der Waals surface area contributed by atoms with Crippen molar-refractivity contribution in [1.29, 1.82) is 0 Å². The Morgan fingerprint density at radius 2 is 2.09 bits per heavy atom. The molecule has 2 fully saturated rings. The molecule has 4 heteroatoms. The van der Waals surface area contributed by atoms with Crippen LogP contribution in [0.25, 0.3) is 0 Å². The molecule has 7 atom stereocenters. The van der Waals surface area contributed by atoms with Crippen molar-refractivity contribution in [2.24, 2.45) is 11.8 Å². The van der Waals surface area contributed by atoms with Gasteiger partial charge in [-0.2, -0.15) is 0 Å². The number of carbonyl (C=O) groups excluding carboxylic acids is 1. The second-order valence-corrected chi connectivity index (χ2v) is 7.08. The van der Waals surface area contributed by atoms with Crippen molar-refractivity contribution in [3.05, 3.63) is 47.5 Å². The Morgan fingerprint density at radius 1 is 1.35 bits per heavy atom. The van der Waals surface area contributed by atoms with E-state index in [1.807, 2.05) is 24.3 Å². The fourth-order valence-corrected chi connectivity index (χ4v) is 4.83. The average Bonchev–Trinajstić information content (AvgIpc) is 3.15. The highest BCUT2D eigenvalue weighted by atomic mass is 16.3. The van der Waals surface area contributed by atoms with Crippen LogP contribution in [-0.2, 0) is 0 Å². The van der Waals surface area contributed by atoms with E-state index in [2.05, 4.69) is 36.2 Å². The van der Waals surface area contributed by atoms with Gasteiger partial charge in [-0.15, -0.1) is 0 Å². The quantitative estimate of drug-likeness (QED) is 0.477. The summed E-state index contributed by atoms with van der Waals surface area (Å²) >= 11 is 0. The Kier molecular flexibility index (Phi) is 3.45. The number of hydrogen-bond donors (Lipinski definition) is 2. The molecule has 1 aliphatic carbocycles. The molecule has 2 N–H and O–H groups in total. The molecule has 0 aromatic heterocycles. The first-order valence-electron chi connectivity index (χ1n) is 8.58. The standard InChI is InChI=1S/C19H24N2O2/c1-3-20-10-16-15-8-9-17-19(16,23)21(17)18(15)12(2)14-6-4-13(11-22)5-7-14/h4-9,11-12,15-18,20,23H,3,10H2,1-2H3/t12-,15-,16+,17+,18+,19+,21?/m1/s1. The molecule has 1 aromatic carbocycles. The zero-order valence-corrected chi connectivity index (χ0v) is 13.6. The monoisotopic (exact) mass is 312 g/mol. The van der Waals surface area contributed by atoms with Crippen LogP contribution in [0.5, 0.6) is 0 Å². The Morgan fingerprint density at radius 3 is 2.74 bits per heavy atom. The summed E-state index contributed by atoms with van der Waals surface area (Å²) in [6.07, 6.45) is 5.36. The predicted molar refractivity (Wildman–Crippen MR) is 89.3 cm³/mol. The van der Waals surface area contributed by atoms with Crippen LogP contribution >= 0.6 is 0 Å². The first-order chi connectivity index (χ1) is 11.1. The molecular weight excluding hydrogens is 288 g/mol. The lowest BCUT2D eigenvalue weighted by molar-refractivity contribution is 0.0526. The molecule has 3 heterocycles. The summed E-state index contributed by atoms with van der Waals surface area (Å²) in [6, 6.07) is 8.37. The van der Waals surface area contributed by atoms with E-state index in [0.717, 1.165) is 19.4 Å². The van der Waals surface area contributed by atoms with Gasteiger partial charge >= 0.3 is 0 Å². The molecule has 5 rings (SSSR count). The Balaban J connectivity index is 1.60. The van der Waals surface area contributed by atoms with Crippen LogP contribution in [0.1, 0.15) is 35.7 Å². The van der Waals surface area contributed by atoms with Crippen LogP contribution in [0.3, 0.4) is 0 Å². The predicted octanol–water partition coefficient (Wildman–Crippen LogP) is 1.77. The van der Waals surface area contributed by atoms with E-state index in [1.165, 1.54) is 5.56 Å². The van der Waals surface area contributed by atoms with E-state index in [9.17, 15) is 9.90 Å². The van der Waals surface area contributed by atoms with Crippen molar-refractivity contribution < 1.29 is 9.90 Å². The highest BCUT2D eigenvalue weighted by Crippen LogP contribution is 2.63. The summed E-state index contributed by atoms with van der Waals surface area (Å²) in [7, 11) is 0. The van der Waals surface area contributed by atoms with Crippen LogP contribution in [0.4, 0.5) is 0 Å². The van der Waals surface area contributed by atoms with E-state index in [-0.39, 0.29) is 12.0 Å². The minimum absolute atomic E-state index is 0.179. The molecule has 23 heavy (non-hydrogen) atoms. The van der Waals surface area contributed by atoms with Gasteiger partial charge in [0, 0.05) is 30.0 Å². The molecule has 4 bridgehead atoms. The number of hydrogen-bond acceptors (Lipinski definition) is 4. The fraction of sp³-hybridized carbons (Fsp3) is 0.526. The third-order valence-electron chi connectivity index (χ3n) is 6.05. The molecule has 0 radical (unpaired) electrons. The average molecular weight is 312 g/mol. The molecule has 3 aliphatic heterocycles. The van der Waals surface area contributed by atoms with E-state index in [0.29, 0.717) is 23.4 Å². The molecule has 2 saturated heterocycles. The number of aliphatic hydroxyl groups is 1. The van der Waals surface area contributed by atoms with Crippen molar-refractivity contribution in [3.63, 3.8) is 0 Å². The topological polar surface area (TPSA) is 52.3 Å². The number of carbonyl (C=O) groups is 1. The van der Waals surface area contributed by atoms with Crippen molar-refractivity contribution in [2.45, 2.75) is 37.6 Å². The normalized spacial score (nSPS) is 40.9. The molecule has 122 valence electrons. The summed E-state index contributed by atoms with van der Waals surface area (Å²) in [4.78, 5) is 13.1. The van der Waals surface area contributed by atoms with Crippen LogP contribution < -0.4 is 5.32 Å². The summed E-state index contributed by atoms with van der Waals surface area (Å²) in [6.45, 7) is 6.13. The smallest absolute Gasteiger partial charge is 0.150 e. The first kappa shape index (κ1) is 15.1. The Hall–Kier alpha value is -1.49. The molecule has 0 spiro atoms. The third kappa shape index (κ3) is 1.98. The Labute approximate surface area is 137 Å². The lowest BCUT2D eigenvalue weighted by atomic mass is 9.74. The molecule has 4 aliphatic rings. The van der Waals surface area contributed by atoms with Gasteiger partial charge < -0.3 is 10.4 Å². The minimum Gasteiger partial charge on any atom is -0.373 e. The van der Waals surface area contributed by atoms with Crippen molar-refractivity contribution >= 4 is 6.29 Å². The van der Waals surface area contributed by atoms with Crippen molar-refractivity contribution in [2.75, 3.05) is 13.1 Å². The lowest BCUT2D eigenvalue weighted by Crippen LogP contribution is -2.42. The van der Waals surface area contributed by atoms with Gasteiger partial charge in [0.15, 0.2) is 0 Å². The third-order valence-corrected chi connectivity index (χ3v) is 6.05. The van der Waals surface area contributed by atoms with Crippen LogP contribution in [-0.4, -0.2) is 47.2 Å². The van der Waals surface area contributed by atoms with Crippen LogP contribution in [0.2, 0.25) is 0 Å². The van der Waals surface area contributed by atoms with E-state index in [4.69, 9.17) is 0 Å². The molecule has 0 amide bonds. The number of nitrogens with one attached hydrogen (secondary N) is 1. The fourth-order valence-electron chi connectivity index (χ4n) is 4.83. The largest absolute Gasteiger partial charge is 0.373 e. The van der Waals surface area contributed by atoms with Gasteiger partial charge in [0.05, 0.1) is 6.04 Å². The minimum atomic E-state index is -0.650. The first-order valence-corrected chi connectivity index (χ1v) is 8.58. The molecular formula is C19H24N2O2. The van der Waals surface area contributed by atoms with Gasteiger partial charge in [0.2, 0.25) is 0 Å². The van der Waals surface area contributed by atoms with Crippen molar-refractivity contribution in [1.82, 2.24) is 10.2 Å². The van der Waals surface area contributed by atoms with Crippen LogP contribution in [0, 0.1) is 11.8 Å². The molecule has 1 unspecified atom stereocenters. The molecule has 0 saturated carbocycles. The number of nitrogens with zero attached hydrogens (tertiary/aromatic N) is 1. The zero-order valence-electron chi connectivity index (χ0n) is 13.6. The van der Waals surface area contributed by atoms with E-state index >= 15 is 0 Å². The van der Waals surface area contributed by atoms with Gasteiger partial charge in [0.25, 0.3) is 0 Å². The van der Waals surface area contributed by atoms with Crippen molar-refractivity contribution in [3.8, 4) is 0 Å². The Bertz CT molecular complexity index is 641.